The molecule has 1 aromatic heterocycles. The molecule has 0 aliphatic carbocycles. The second-order valence-corrected chi connectivity index (χ2v) is 6.76. The highest BCUT2D eigenvalue weighted by Crippen LogP contribution is 2.26. The van der Waals surface area contributed by atoms with Crippen LogP contribution in [0.15, 0.2) is 11.4 Å². The molecule has 5 nitrogen and oxygen atoms in total. The minimum Gasteiger partial charge on any atom is -0.433 e. The molecule has 1 aliphatic heterocycles. The monoisotopic (exact) mass is 348 g/mol. The largest absolute Gasteiger partial charge is 0.433 e. The maximum atomic E-state index is 12.2. The predicted molar refractivity (Wildman–Crippen MR) is 84.1 cm³/mol. The van der Waals surface area contributed by atoms with Crippen LogP contribution in [0.5, 0.6) is 5.75 Å². The van der Waals surface area contributed by atoms with Crippen LogP contribution in [0, 0.1) is 5.92 Å². The highest BCUT2D eigenvalue weighted by molar-refractivity contribution is 7.12. The second kappa shape index (κ2) is 8.56. The van der Waals surface area contributed by atoms with E-state index in [9.17, 15) is 18.7 Å². The lowest BCUT2D eigenvalue weighted by atomic mass is 9.99. The lowest BCUT2D eigenvalue weighted by Gasteiger charge is -2.31. The fourth-order valence-electron chi connectivity index (χ4n) is 2.55. The van der Waals surface area contributed by atoms with E-state index in [1.165, 1.54) is 11.4 Å². The molecule has 2 rings (SSSR count). The minimum atomic E-state index is -2.97. The molecule has 0 aromatic carbocycles. The Balaban J connectivity index is 1.76. The summed E-state index contributed by atoms with van der Waals surface area (Å²) in [5.41, 5.74) is 0. The highest BCUT2D eigenvalue weighted by Gasteiger charge is 2.20. The Hall–Kier alpha value is -1.25. The van der Waals surface area contributed by atoms with Gasteiger partial charge in [-0.3, -0.25) is 4.79 Å². The van der Waals surface area contributed by atoms with Gasteiger partial charge in [-0.05, 0) is 43.3 Å². The normalized spacial score (nSPS) is 18.1. The molecule has 1 amide bonds. The van der Waals surface area contributed by atoms with Crippen molar-refractivity contribution < 1.29 is 23.4 Å². The van der Waals surface area contributed by atoms with Crippen molar-refractivity contribution in [2.45, 2.75) is 32.5 Å². The van der Waals surface area contributed by atoms with Crippen LogP contribution in [0.4, 0.5) is 8.78 Å². The van der Waals surface area contributed by atoms with Gasteiger partial charge < -0.3 is 20.1 Å². The summed E-state index contributed by atoms with van der Waals surface area (Å²) in [5.74, 6) is 0.0687. The van der Waals surface area contributed by atoms with Crippen LogP contribution in [0.2, 0.25) is 0 Å². The van der Waals surface area contributed by atoms with Crippen molar-refractivity contribution in [3.05, 3.63) is 16.3 Å². The fourth-order valence-corrected chi connectivity index (χ4v) is 3.29. The molecule has 23 heavy (non-hydrogen) atoms. The SMILES string of the molecule is CC1CCN(CC(O)CNC(=O)c2sccc2OC(F)F)CC1. The maximum absolute atomic E-state index is 12.2. The summed E-state index contributed by atoms with van der Waals surface area (Å²) >= 11 is 1.02. The van der Waals surface area contributed by atoms with Crippen molar-refractivity contribution in [3.8, 4) is 5.75 Å². The van der Waals surface area contributed by atoms with E-state index in [2.05, 4.69) is 21.9 Å². The number of ether oxygens (including phenoxy) is 1. The van der Waals surface area contributed by atoms with Gasteiger partial charge in [0.25, 0.3) is 5.91 Å². The van der Waals surface area contributed by atoms with Crippen LogP contribution in [0.25, 0.3) is 0 Å². The summed E-state index contributed by atoms with van der Waals surface area (Å²) in [7, 11) is 0. The molecule has 0 spiro atoms. The molecule has 1 aromatic rings. The molecule has 1 unspecified atom stereocenters. The van der Waals surface area contributed by atoms with Crippen LogP contribution >= 0.6 is 11.3 Å². The maximum Gasteiger partial charge on any atom is 0.387 e. The van der Waals surface area contributed by atoms with Gasteiger partial charge in [-0.15, -0.1) is 11.3 Å². The van der Waals surface area contributed by atoms with E-state index < -0.39 is 18.6 Å². The second-order valence-electron chi connectivity index (χ2n) is 5.84. The molecule has 1 fully saturated rings. The Morgan fingerprint density at radius 3 is 2.87 bits per heavy atom. The Bertz CT molecular complexity index is 505. The topological polar surface area (TPSA) is 61.8 Å². The van der Waals surface area contributed by atoms with E-state index in [4.69, 9.17) is 0 Å². The molecule has 2 heterocycles. The number of hydrogen-bond donors (Lipinski definition) is 2. The molecular weight excluding hydrogens is 326 g/mol. The van der Waals surface area contributed by atoms with Gasteiger partial charge in [0.05, 0.1) is 6.10 Å². The summed E-state index contributed by atoms with van der Waals surface area (Å²) in [5, 5.41) is 14.1. The van der Waals surface area contributed by atoms with E-state index in [-0.39, 0.29) is 17.2 Å². The molecule has 0 bridgehead atoms. The molecular formula is C15H22F2N2O3S. The predicted octanol–water partition coefficient (Wildman–Crippen LogP) is 2.17. The van der Waals surface area contributed by atoms with Crippen molar-refractivity contribution in [1.82, 2.24) is 10.2 Å². The van der Waals surface area contributed by atoms with Crippen LogP contribution < -0.4 is 10.1 Å². The molecule has 1 aliphatic rings. The zero-order valence-corrected chi connectivity index (χ0v) is 13.8. The van der Waals surface area contributed by atoms with Crippen molar-refractivity contribution in [2.75, 3.05) is 26.2 Å². The summed E-state index contributed by atoms with van der Waals surface area (Å²) in [4.78, 5) is 14.3. The molecule has 0 saturated carbocycles. The van der Waals surface area contributed by atoms with Crippen LogP contribution in [-0.4, -0.2) is 54.8 Å². The first-order valence-corrected chi connectivity index (χ1v) is 8.54. The average molecular weight is 348 g/mol. The van der Waals surface area contributed by atoms with Gasteiger partial charge in [-0.2, -0.15) is 8.78 Å². The Morgan fingerprint density at radius 2 is 2.22 bits per heavy atom. The summed E-state index contributed by atoms with van der Waals surface area (Å²) < 4.78 is 28.8. The number of carbonyl (C=O) groups excluding carboxylic acids is 1. The van der Waals surface area contributed by atoms with Gasteiger partial charge >= 0.3 is 6.61 Å². The molecule has 1 atom stereocenters. The van der Waals surface area contributed by atoms with Crippen LogP contribution in [0.1, 0.15) is 29.4 Å². The first kappa shape index (κ1) is 18.1. The van der Waals surface area contributed by atoms with Gasteiger partial charge in [0.2, 0.25) is 0 Å². The number of piperidine rings is 1. The van der Waals surface area contributed by atoms with E-state index in [0.29, 0.717) is 6.54 Å². The standard InChI is InChI=1S/C15H22F2N2O3S/c1-10-2-5-19(6-3-10)9-11(20)8-18-14(21)13-12(4-7-23-13)22-15(16)17/h4,7,10-11,15,20H,2-3,5-6,8-9H2,1H3,(H,18,21). The number of hydrogen-bond acceptors (Lipinski definition) is 5. The highest BCUT2D eigenvalue weighted by atomic mass is 32.1. The van der Waals surface area contributed by atoms with Gasteiger partial charge in [0, 0.05) is 13.1 Å². The molecule has 8 heteroatoms. The molecule has 130 valence electrons. The molecule has 2 N–H and O–H groups in total. The number of aliphatic hydroxyl groups is 1. The van der Waals surface area contributed by atoms with Gasteiger partial charge in [-0.1, -0.05) is 6.92 Å². The van der Waals surface area contributed by atoms with E-state index >= 15 is 0 Å². The third-order valence-electron chi connectivity index (χ3n) is 3.89. The fraction of sp³-hybridized carbons (Fsp3) is 0.667. The molecule has 1 saturated heterocycles. The Morgan fingerprint density at radius 1 is 1.52 bits per heavy atom. The summed E-state index contributed by atoms with van der Waals surface area (Å²) in [6, 6.07) is 1.33. The number of β-amino-alcohol motifs (C(OH)–C–C–N with tert-alkyl or cyclic N) is 1. The van der Waals surface area contributed by atoms with Gasteiger partial charge in [0.1, 0.15) is 10.6 Å². The number of aliphatic hydroxyl groups excluding tert-OH is 1. The smallest absolute Gasteiger partial charge is 0.387 e. The van der Waals surface area contributed by atoms with E-state index in [1.54, 1.807) is 0 Å². The van der Waals surface area contributed by atoms with E-state index in [0.717, 1.165) is 43.2 Å². The lowest BCUT2D eigenvalue weighted by molar-refractivity contribution is -0.0498. The van der Waals surface area contributed by atoms with Crippen LogP contribution in [-0.2, 0) is 0 Å². The van der Waals surface area contributed by atoms with E-state index in [1.807, 2.05) is 0 Å². The quantitative estimate of drug-likeness (QED) is 0.793. The third-order valence-corrected chi connectivity index (χ3v) is 4.79. The molecule has 0 radical (unpaired) electrons. The zero-order valence-electron chi connectivity index (χ0n) is 13.0. The minimum absolute atomic E-state index is 0.0803. The van der Waals surface area contributed by atoms with Crippen molar-refractivity contribution in [2.24, 2.45) is 5.92 Å². The first-order chi connectivity index (χ1) is 11.0. The number of alkyl halides is 2. The number of amides is 1. The van der Waals surface area contributed by atoms with Crippen LogP contribution in [0.3, 0.4) is 0 Å². The zero-order chi connectivity index (χ0) is 16.8. The third kappa shape index (κ3) is 5.71. The number of thiophene rings is 1. The number of nitrogens with zero attached hydrogens (tertiary/aromatic N) is 1. The van der Waals surface area contributed by atoms with Gasteiger partial charge in [0.15, 0.2) is 0 Å². The Kier molecular flexibility index (Phi) is 6.73. The Labute approximate surface area is 138 Å². The van der Waals surface area contributed by atoms with Gasteiger partial charge in [-0.25, -0.2) is 0 Å². The lowest BCUT2D eigenvalue weighted by Crippen LogP contribution is -2.43. The van der Waals surface area contributed by atoms with Crippen molar-refractivity contribution >= 4 is 17.2 Å². The number of rotatable bonds is 7. The first-order valence-electron chi connectivity index (χ1n) is 7.66. The average Bonchev–Trinajstić information content (AvgIpc) is 2.94. The number of carbonyl (C=O) groups is 1. The summed E-state index contributed by atoms with van der Waals surface area (Å²) in [6.07, 6.45) is 1.54. The summed E-state index contributed by atoms with van der Waals surface area (Å²) in [6.45, 7) is 1.72. The van der Waals surface area contributed by atoms with Crippen molar-refractivity contribution in [1.29, 1.82) is 0 Å². The number of halogens is 2. The number of likely N-dealkylation sites (tertiary alicyclic amines) is 1. The number of nitrogens with one attached hydrogen (secondary N) is 1. The van der Waals surface area contributed by atoms with Crippen molar-refractivity contribution in [3.63, 3.8) is 0 Å².